The molecule has 6 rings (SSSR count). The Labute approximate surface area is 230 Å². The molecule has 0 saturated carbocycles. The number of nitriles is 1. The molecule has 1 atom stereocenters. The number of carbonyl (C=O) groups excluding carboxylic acids is 1. The summed E-state index contributed by atoms with van der Waals surface area (Å²) in [5.41, 5.74) is 4.32. The molecule has 4 heterocycles. The molecular formula is C31H28FN3O5. The number of amides is 1. The molecule has 0 unspecified atom stereocenters. The number of aromatic nitrogens is 1. The summed E-state index contributed by atoms with van der Waals surface area (Å²) in [4.78, 5) is 18.9. The minimum absolute atomic E-state index is 0.0274. The summed E-state index contributed by atoms with van der Waals surface area (Å²) in [5, 5.41) is 9.84. The van der Waals surface area contributed by atoms with E-state index in [0.717, 1.165) is 24.0 Å². The van der Waals surface area contributed by atoms with E-state index in [1.54, 1.807) is 30.5 Å². The number of alkyl halides is 1. The van der Waals surface area contributed by atoms with Gasteiger partial charge in [0.05, 0.1) is 38.0 Å². The molecule has 4 aromatic rings. The summed E-state index contributed by atoms with van der Waals surface area (Å²) in [6.07, 6.45) is 2.69. The normalized spacial score (nSPS) is 17.6. The first-order chi connectivity index (χ1) is 19.5. The number of halogens is 1. The number of benzene rings is 2. The number of likely N-dealkylation sites (tertiary alicyclic amines) is 1. The zero-order valence-electron chi connectivity index (χ0n) is 22.1. The van der Waals surface area contributed by atoms with Crippen LogP contribution in [0.2, 0.25) is 0 Å². The summed E-state index contributed by atoms with van der Waals surface area (Å²) in [7, 11) is 1.53. The molecule has 2 aromatic carbocycles. The number of ether oxygens (including phenoxy) is 3. The van der Waals surface area contributed by atoms with Crippen LogP contribution in [0, 0.1) is 11.3 Å². The van der Waals surface area contributed by atoms with Gasteiger partial charge in [-0.25, -0.2) is 4.39 Å². The van der Waals surface area contributed by atoms with E-state index in [-0.39, 0.29) is 18.6 Å². The quantitative estimate of drug-likeness (QED) is 0.305. The lowest BCUT2D eigenvalue weighted by Gasteiger charge is -2.23. The Kier molecular flexibility index (Phi) is 7.10. The van der Waals surface area contributed by atoms with Gasteiger partial charge in [-0.05, 0) is 48.4 Å². The molecule has 0 bridgehead atoms. The molecule has 2 saturated heterocycles. The van der Waals surface area contributed by atoms with Crippen molar-refractivity contribution in [3.63, 3.8) is 0 Å². The van der Waals surface area contributed by atoms with Crippen LogP contribution in [0.25, 0.3) is 33.6 Å². The van der Waals surface area contributed by atoms with Gasteiger partial charge in [-0.2, -0.15) is 5.26 Å². The lowest BCUT2D eigenvalue weighted by atomic mass is 10.0. The number of hydrogen-bond donors (Lipinski definition) is 0. The van der Waals surface area contributed by atoms with Crippen LogP contribution in [0.3, 0.4) is 0 Å². The van der Waals surface area contributed by atoms with Crippen LogP contribution in [0.4, 0.5) is 4.39 Å². The molecule has 0 spiro atoms. The molecule has 40 heavy (non-hydrogen) atoms. The fourth-order valence-electron chi connectivity index (χ4n) is 5.27. The van der Waals surface area contributed by atoms with Crippen LogP contribution < -0.4 is 9.47 Å². The maximum Gasteiger partial charge on any atom is 0.254 e. The van der Waals surface area contributed by atoms with E-state index in [4.69, 9.17) is 18.6 Å². The summed E-state index contributed by atoms with van der Waals surface area (Å²) in [5.74, 6) is 1.31. The van der Waals surface area contributed by atoms with Crippen molar-refractivity contribution in [1.82, 2.24) is 9.88 Å². The largest absolute Gasteiger partial charge is 0.496 e. The van der Waals surface area contributed by atoms with Crippen molar-refractivity contribution >= 4 is 17.0 Å². The molecule has 9 heteroatoms. The van der Waals surface area contributed by atoms with Crippen molar-refractivity contribution < 1.29 is 27.8 Å². The maximum atomic E-state index is 13.6. The first-order valence-corrected chi connectivity index (χ1v) is 13.3. The summed E-state index contributed by atoms with van der Waals surface area (Å²) >= 11 is 0. The Hall–Kier alpha value is -4.42. The van der Waals surface area contributed by atoms with Crippen molar-refractivity contribution in [3.8, 4) is 40.0 Å². The number of hydrogen-bond acceptors (Lipinski definition) is 7. The van der Waals surface area contributed by atoms with Crippen LogP contribution in [0.5, 0.6) is 11.5 Å². The topological polar surface area (TPSA) is 97.8 Å². The minimum atomic E-state index is -0.984. The van der Waals surface area contributed by atoms with Gasteiger partial charge in [0.1, 0.15) is 41.1 Å². The predicted molar refractivity (Wildman–Crippen MR) is 146 cm³/mol. The van der Waals surface area contributed by atoms with Gasteiger partial charge in [0, 0.05) is 42.8 Å². The van der Waals surface area contributed by atoms with Gasteiger partial charge in [0.2, 0.25) is 0 Å². The Morgan fingerprint density at radius 1 is 1.07 bits per heavy atom. The van der Waals surface area contributed by atoms with Crippen LogP contribution >= 0.6 is 0 Å². The molecule has 2 aromatic heterocycles. The average Bonchev–Trinajstić information content (AvgIpc) is 3.63. The highest BCUT2D eigenvalue weighted by atomic mass is 19.1. The lowest BCUT2D eigenvalue weighted by Crippen LogP contribution is -2.28. The second-order valence-corrected chi connectivity index (χ2v) is 9.99. The first kappa shape index (κ1) is 25.8. The SMILES string of the molecule is COc1cc(C(=O)N2CC[C@@H](F)C2)ccc1-c1cc2nccc(-c3ccc(OC4CCOCC4)c(C#N)c3)c2o1. The van der Waals surface area contributed by atoms with Gasteiger partial charge in [-0.3, -0.25) is 9.78 Å². The Bertz CT molecular complexity index is 1600. The number of furan rings is 1. The van der Waals surface area contributed by atoms with Crippen LogP contribution in [-0.2, 0) is 4.74 Å². The molecule has 204 valence electrons. The molecular weight excluding hydrogens is 513 g/mol. The van der Waals surface area contributed by atoms with Crippen molar-refractivity contribution in [1.29, 1.82) is 5.26 Å². The van der Waals surface area contributed by atoms with E-state index < -0.39 is 6.17 Å². The Morgan fingerprint density at radius 2 is 1.93 bits per heavy atom. The van der Waals surface area contributed by atoms with Crippen LogP contribution in [0.1, 0.15) is 35.2 Å². The molecule has 0 radical (unpaired) electrons. The third kappa shape index (κ3) is 4.98. The number of nitrogens with zero attached hydrogens (tertiary/aromatic N) is 3. The van der Waals surface area contributed by atoms with E-state index in [0.29, 0.717) is 71.2 Å². The predicted octanol–water partition coefficient (Wildman–Crippen LogP) is 5.78. The van der Waals surface area contributed by atoms with Crippen LogP contribution in [0.15, 0.2) is 59.1 Å². The molecule has 0 aliphatic carbocycles. The Balaban J connectivity index is 1.31. The van der Waals surface area contributed by atoms with E-state index >= 15 is 0 Å². The number of pyridine rings is 1. The van der Waals surface area contributed by atoms with Crippen molar-refractivity contribution in [2.45, 2.75) is 31.5 Å². The van der Waals surface area contributed by atoms with Gasteiger partial charge >= 0.3 is 0 Å². The number of fused-ring (bicyclic) bond motifs is 1. The molecule has 2 aliphatic heterocycles. The highest BCUT2D eigenvalue weighted by Gasteiger charge is 2.27. The van der Waals surface area contributed by atoms with Crippen molar-refractivity contribution in [2.24, 2.45) is 0 Å². The highest BCUT2D eigenvalue weighted by molar-refractivity contribution is 5.97. The second kappa shape index (κ2) is 11.0. The number of carbonyl (C=O) groups is 1. The molecule has 1 amide bonds. The number of methoxy groups -OCH3 is 1. The minimum Gasteiger partial charge on any atom is -0.496 e. The van der Waals surface area contributed by atoms with Gasteiger partial charge in [0.25, 0.3) is 5.91 Å². The summed E-state index contributed by atoms with van der Waals surface area (Å²) < 4.78 is 37.1. The monoisotopic (exact) mass is 541 g/mol. The fourth-order valence-corrected chi connectivity index (χ4v) is 5.27. The van der Waals surface area contributed by atoms with Crippen LogP contribution in [-0.4, -0.2) is 61.5 Å². The number of rotatable bonds is 6. The average molecular weight is 542 g/mol. The molecule has 2 fully saturated rings. The van der Waals surface area contributed by atoms with E-state index in [1.807, 2.05) is 24.3 Å². The zero-order chi connectivity index (χ0) is 27.6. The van der Waals surface area contributed by atoms with E-state index in [9.17, 15) is 14.4 Å². The standard InChI is InChI=1S/C31H28FN3O5/c1-37-28-15-20(31(36)35-11-7-22(32)18-35)2-4-25(28)29-16-26-30(40-29)24(6-10-34-26)19-3-5-27(21(14-19)17-33)39-23-8-12-38-13-9-23/h2-6,10,14-16,22-23H,7-9,11-13,18H2,1H3/t22-/m1/s1. The van der Waals surface area contributed by atoms with Gasteiger partial charge in [-0.1, -0.05) is 6.07 Å². The zero-order valence-corrected chi connectivity index (χ0v) is 22.1. The fraction of sp³-hybridized carbons (Fsp3) is 0.323. The van der Waals surface area contributed by atoms with Crippen molar-refractivity contribution in [3.05, 3.63) is 65.9 Å². The lowest BCUT2D eigenvalue weighted by molar-refractivity contribution is 0.0254. The van der Waals surface area contributed by atoms with Crippen molar-refractivity contribution in [2.75, 3.05) is 33.4 Å². The van der Waals surface area contributed by atoms with Gasteiger partial charge in [0.15, 0.2) is 5.58 Å². The summed E-state index contributed by atoms with van der Waals surface area (Å²) in [6, 6.07) is 16.6. The maximum absolute atomic E-state index is 13.6. The molecule has 2 aliphatic rings. The third-order valence-electron chi connectivity index (χ3n) is 7.42. The van der Waals surface area contributed by atoms with E-state index in [2.05, 4.69) is 11.1 Å². The second-order valence-electron chi connectivity index (χ2n) is 9.99. The summed E-state index contributed by atoms with van der Waals surface area (Å²) in [6.45, 7) is 1.82. The molecule has 8 nitrogen and oxygen atoms in total. The highest BCUT2D eigenvalue weighted by Crippen LogP contribution is 2.38. The smallest absolute Gasteiger partial charge is 0.254 e. The van der Waals surface area contributed by atoms with Gasteiger partial charge in [-0.15, -0.1) is 0 Å². The molecule has 0 N–H and O–H groups in total. The Morgan fingerprint density at radius 3 is 2.67 bits per heavy atom. The third-order valence-corrected chi connectivity index (χ3v) is 7.42. The van der Waals surface area contributed by atoms with E-state index in [1.165, 1.54) is 12.0 Å². The van der Waals surface area contributed by atoms with Gasteiger partial charge < -0.3 is 23.5 Å². The first-order valence-electron chi connectivity index (χ1n) is 13.3.